The highest BCUT2D eigenvalue weighted by Gasteiger charge is 2.22. The van der Waals surface area contributed by atoms with E-state index in [9.17, 15) is 20.0 Å². The minimum absolute atomic E-state index is 0.112. The first-order valence-electron chi connectivity index (χ1n) is 7.06. The maximum Gasteiger partial charge on any atom is 0.294 e. The molecule has 1 aromatic carbocycles. The van der Waals surface area contributed by atoms with Crippen molar-refractivity contribution in [2.75, 3.05) is 31.6 Å². The number of aliphatic hydroxyl groups excluding tert-OH is 1. The summed E-state index contributed by atoms with van der Waals surface area (Å²) in [5.74, 6) is -0.129. The van der Waals surface area contributed by atoms with Crippen LogP contribution in [0.25, 0.3) is 0 Å². The molecule has 1 aliphatic heterocycles. The Labute approximate surface area is 133 Å². The number of carbonyl (C=O) groups is 1. The molecule has 1 atom stereocenters. The minimum Gasteiger partial charge on any atom is -0.396 e. The Bertz CT molecular complexity index is 567. The summed E-state index contributed by atoms with van der Waals surface area (Å²) in [7, 11) is 0. The molecule has 1 amide bonds. The number of hydrogen-bond donors (Lipinski definition) is 2. The topological polar surface area (TPSA) is 95.7 Å². The fraction of sp³-hybridized carbons (Fsp3) is 0.500. The zero-order valence-corrected chi connectivity index (χ0v) is 12.8. The first-order chi connectivity index (χ1) is 10.5. The molecular formula is C14H18ClN3O4. The molecule has 0 spiro atoms. The number of nitro benzene ring substituents is 1. The molecule has 7 nitrogen and oxygen atoms in total. The van der Waals surface area contributed by atoms with Crippen LogP contribution in [0.1, 0.15) is 12.8 Å². The van der Waals surface area contributed by atoms with Crippen LogP contribution in [0, 0.1) is 16.0 Å². The van der Waals surface area contributed by atoms with Crippen LogP contribution >= 0.6 is 11.6 Å². The molecule has 8 heteroatoms. The summed E-state index contributed by atoms with van der Waals surface area (Å²) in [6.45, 7) is 1.70. The molecule has 0 saturated carbocycles. The van der Waals surface area contributed by atoms with Crippen molar-refractivity contribution >= 4 is 28.9 Å². The van der Waals surface area contributed by atoms with E-state index >= 15 is 0 Å². The molecule has 0 bridgehead atoms. The van der Waals surface area contributed by atoms with Crippen molar-refractivity contribution in [3.63, 3.8) is 0 Å². The van der Waals surface area contributed by atoms with E-state index in [0.717, 1.165) is 19.4 Å². The number of carbonyl (C=O) groups excluding carboxylic acids is 1. The molecule has 1 heterocycles. The van der Waals surface area contributed by atoms with Gasteiger partial charge in [0.2, 0.25) is 5.91 Å². The van der Waals surface area contributed by atoms with Gasteiger partial charge in [-0.2, -0.15) is 0 Å². The number of nitro groups is 1. The smallest absolute Gasteiger partial charge is 0.294 e. The van der Waals surface area contributed by atoms with Crippen LogP contribution in [-0.2, 0) is 4.79 Å². The van der Waals surface area contributed by atoms with Crippen LogP contribution in [-0.4, -0.2) is 47.1 Å². The van der Waals surface area contributed by atoms with E-state index < -0.39 is 4.92 Å². The number of anilines is 1. The van der Waals surface area contributed by atoms with Gasteiger partial charge >= 0.3 is 0 Å². The lowest BCUT2D eigenvalue weighted by atomic mass is 9.99. The second-order valence-electron chi connectivity index (χ2n) is 5.39. The molecule has 1 aromatic rings. The first-order valence-corrected chi connectivity index (χ1v) is 7.44. The minimum atomic E-state index is -0.579. The van der Waals surface area contributed by atoms with Gasteiger partial charge < -0.3 is 10.4 Å². The predicted molar refractivity (Wildman–Crippen MR) is 83.0 cm³/mol. The summed E-state index contributed by atoms with van der Waals surface area (Å²) in [4.78, 5) is 24.4. The standard InChI is InChI=1S/C14H18ClN3O4/c15-11-3-4-12(13(6-11)18(21)22)16-14(20)8-17-5-1-2-10(7-17)9-19/h3-4,6,10,19H,1-2,5,7-9H2,(H,16,20). The van der Waals surface area contributed by atoms with Gasteiger partial charge in [-0.1, -0.05) is 11.6 Å². The number of aliphatic hydroxyl groups is 1. The van der Waals surface area contributed by atoms with E-state index in [2.05, 4.69) is 5.32 Å². The molecule has 1 unspecified atom stereocenters. The summed E-state index contributed by atoms with van der Waals surface area (Å²) >= 11 is 5.74. The highest BCUT2D eigenvalue weighted by atomic mass is 35.5. The lowest BCUT2D eigenvalue weighted by molar-refractivity contribution is -0.383. The lowest BCUT2D eigenvalue weighted by Gasteiger charge is -2.31. The molecule has 0 aromatic heterocycles. The second-order valence-corrected chi connectivity index (χ2v) is 5.83. The molecule has 2 rings (SSSR count). The van der Waals surface area contributed by atoms with Gasteiger partial charge in [0.15, 0.2) is 0 Å². The lowest BCUT2D eigenvalue weighted by Crippen LogP contribution is -2.41. The van der Waals surface area contributed by atoms with Crippen molar-refractivity contribution < 1.29 is 14.8 Å². The summed E-state index contributed by atoms with van der Waals surface area (Å²) in [5.41, 5.74) is -0.0946. The average molecular weight is 328 g/mol. The van der Waals surface area contributed by atoms with Gasteiger partial charge in [0.05, 0.1) is 11.5 Å². The molecule has 120 valence electrons. The molecule has 1 fully saturated rings. The van der Waals surface area contributed by atoms with Gasteiger partial charge in [-0.25, -0.2) is 0 Å². The largest absolute Gasteiger partial charge is 0.396 e. The highest BCUT2D eigenvalue weighted by molar-refractivity contribution is 6.31. The highest BCUT2D eigenvalue weighted by Crippen LogP contribution is 2.27. The van der Waals surface area contributed by atoms with Crippen molar-refractivity contribution in [2.45, 2.75) is 12.8 Å². The normalized spacial score (nSPS) is 18.9. The summed E-state index contributed by atoms with van der Waals surface area (Å²) in [5, 5.41) is 23.0. The first kappa shape index (κ1) is 16.7. The molecule has 1 aliphatic rings. The summed E-state index contributed by atoms with van der Waals surface area (Å²) < 4.78 is 0. The van der Waals surface area contributed by atoms with Crippen LogP contribution in [0.3, 0.4) is 0 Å². The Balaban J connectivity index is 1.99. The zero-order valence-electron chi connectivity index (χ0n) is 12.0. The second kappa shape index (κ2) is 7.53. The van der Waals surface area contributed by atoms with Crippen molar-refractivity contribution in [1.82, 2.24) is 4.90 Å². The zero-order chi connectivity index (χ0) is 16.1. The number of hydrogen-bond acceptors (Lipinski definition) is 5. The Morgan fingerprint density at radius 3 is 3.00 bits per heavy atom. The van der Waals surface area contributed by atoms with Crippen molar-refractivity contribution in [3.8, 4) is 0 Å². The molecular weight excluding hydrogens is 310 g/mol. The maximum atomic E-state index is 12.1. The number of piperidine rings is 1. The number of halogens is 1. The third-order valence-electron chi connectivity index (χ3n) is 3.66. The van der Waals surface area contributed by atoms with Crippen LogP contribution in [0.4, 0.5) is 11.4 Å². The van der Waals surface area contributed by atoms with Crippen molar-refractivity contribution in [3.05, 3.63) is 33.3 Å². The van der Waals surface area contributed by atoms with Crippen LogP contribution in [0.15, 0.2) is 18.2 Å². The van der Waals surface area contributed by atoms with E-state index in [1.165, 1.54) is 18.2 Å². The van der Waals surface area contributed by atoms with Gasteiger partial charge in [0, 0.05) is 24.2 Å². The number of rotatable bonds is 5. The van der Waals surface area contributed by atoms with Crippen molar-refractivity contribution in [2.24, 2.45) is 5.92 Å². The fourth-order valence-corrected chi connectivity index (χ4v) is 2.76. The van der Waals surface area contributed by atoms with E-state index in [-0.39, 0.29) is 41.4 Å². The Hall–Kier alpha value is -1.70. The Morgan fingerprint density at radius 2 is 2.32 bits per heavy atom. The van der Waals surface area contributed by atoms with Gasteiger partial charge in [0.1, 0.15) is 5.69 Å². The van der Waals surface area contributed by atoms with Gasteiger partial charge in [0.25, 0.3) is 5.69 Å². The molecule has 0 aliphatic carbocycles. The average Bonchev–Trinajstić information content (AvgIpc) is 2.49. The van der Waals surface area contributed by atoms with Crippen LogP contribution in [0.2, 0.25) is 5.02 Å². The third kappa shape index (κ3) is 4.40. The summed E-state index contributed by atoms with van der Waals surface area (Å²) in [6.07, 6.45) is 1.89. The van der Waals surface area contributed by atoms with Crippen molar-refractivity contribution in [1.29, 1.82) is 0 Å². The number of amides is 1. The number of likely N-dealkylation sites (tertiary alicyclic amines) is 1. The number of nitrogens with one attached hydrogen (secondary N) is 1. The summed E-state index contributed by atoms with van der Waals surface area (Å²) in [6, 6.07) is 4.12. The SMILES string of the molecule is O=C(CN1CCCC(CO)C1)Nc1ccc(Cl)cc1[N+](=O)[O-]. The third-order valence-corrected chi connectivity index (χ3v) is 3.89. The Morgan fingerprint density at radius 1 is 1.55 bits per heavy atom. The molecule has 0 radical (unpaired) electrons. The van der Waals surface area contributed by atoms with E-state index in [4.69, 9.17) is 11.6 Å². The van der Waals surface area contributed by atoms with Gasteiger partial charge in [-0.3, -0.25) is 19.8 Å². The molecule has 22 heavy (non-hydrogen) atoms. The number of nitrogens with zero attached hydrogens (tertiary/aromatic N) is 2. The van der Waals surface area contributed by atoms with Crippen LogP contribution < -0.4 is 5.32 Å². The monoisotopic (exact) mass is 327 g/mol. The maximum absolute atomic E-state index is 12.1. The molecule has 2 N–H and O–H groups in total. The van der Waals surface area contributed by atoms with Crippen LogP contribution in [0.5, 0.6) is 0 Å². The number of benzene rings is 1. The van der Waals surface area contributed by atoms with Gasteiger partial charge in [-0.15, -0.1) is 0 Å². The van der Waals surface area contributed by atoms with E-state index in [1.807, 2.05) is 4.90 Å². The quantitative estimate of drug-likeness (QED) is 0.636. The van der Waals surface area contributed by atoms with E-state index in [0.29, 0.717) is 6.54 Å². The predicted octanol–water partition coefficient (Wildman–Crippen LogP) is 1.89. The van der Waals surface area contributed by atoms with Gasteiger partial charge in [-0.05, 0) is 37.4 Å². The molecule has 1 saturated heterocycles. The Kier molecular flexibility index (Phi) is 5.70. The van der Waals surface area contributed by atoms with E-state index in [1.54, 1.807) is 0 Å². The fourth-order valence-electron chi connectivity index (χ4n) is 2.60.